The Kier molecular flexibility index (Phi) is 5.52. The molecule has 0 aliphatic rings. The maximum absolute atomic E-state index is 12.5. The molecule has 5 heterocycles. The van der Waals surface area contributed by atoms with E-state index in [2.05, 4.69) is 48.4 Å². The minimum atomic E-state index is -0.496. The number of hydrogen-bond acceptors (Lipinski definition) is 5. The number of aryl methyl sites for hydroxylation is 1. The first-order chi connectivity index (χ1) is 18.3. The van der Waals surface area contributed by atoms with Crippen LogP contribution in [0.4, 0.5) is 5.69 Å². The summed E-state index contributed by atoms with van der Waals surface area (Å²) in [5, 5.41) is 12.9. The Bertz CT molecular complexity index is 1810. The number of nitrogens with zero attached hydrogens (tertiary/aromatic N) is 4. The molecule has 0 aliphatic carbocycles. The highest BCUT2D eigenvalue weighted by atomic mass is 16.2. The average Bonchev–Trinajstić information content (AvgIpc) is 3.49. The van der Waals surface area contributed by atoms with Crippen molar-refractivity contribution in [1.82, 2.24) is 30.1 Å². The second kappa shape index (κ2) is 8.92. The summed E-state index contributed by atoms with van der Waals surface area (Å²) >= 11 is 0. The Morgan fingerprint density at radius 3 is 2.47 bits per heavy atom. The van der Waals surface area contributed by atoms with Crippen LogP contribution in [0.1, 0.15) is 26.3 Å². The predicted octanol–water partition coefficient (Wildman–Crippen LogP) is 6.52. The van der Waals surface area contributed by atoms with Gasteiger partial charge in [-0.1, -0.05) is 32.9 Å². The van der Waals surface area contributed by atoms with Gasteiger partial charge in [-0.2, -0.15) is 5.10 Å². The van der Waals surface area contributed by atoms with Gasteiger partial charge in [-0.3, -0.25) is 24.8 Å². The number of carbonyl (C=O) groups excluding carboxylic acids is 1. The van der Waals surface area contributed by atoms with E-state index in [1.54, 1.807) is 18.6 Å². The van der Waals surface area contributed by atoms with Crippen LogP contribution in [0.2, 0.25) is 0 Å². The van der Waals surface area contributed by atoms with Crippen molar-refractivity contribution in [3.05, 3.63) is 79.1 Å². The van der Waals surface area contributed by atoms with Crippen LogP contribution in [0.3, 0.4) is 0 Å². The highest BCUT2D eigenvalue weighted by Crippen LogP contribution is 2.38. The number of H-pyrrole nitrogens is 2. The standard InChI is InChI=1S/C30H27N7O/c1-17-26-23(19-6-5-9-31-12-19)15-33-16-25(26)35-27(17)28-22-11-18(7-8-24(22)36-37-28)20-10-21(14-32-13-20)34-29(38)30(2,3)4/h5-16,35H,1-4H3,(H,34,38)(H,36,37). The molecule has 0 saturated carbocycles. The Hall–Kier alpha value is -4.85. The molecule has 5 aromatic heterocycles. The van der Waals surface area contributed by atoms with Crippen LogP contribution in [0.25, 0.3) is 55.4 Å². The van der Waals surface area contributed by atoms with Gasteiger partial charge >= 0.3 is 0 Å². The van der Waals surface area contributed by atoms with Crippen LogP contribution >= 0.6 is 0 Å². The van der Waals surface area contributed by atoms with Crippen molar-refractivity contribution in [2.75, 3.05) is 5.32 Å². The number of hydrogen-bond donors (Lipinski definition) is 3. The largest absolute Gasteiger partial charge is 0.352 e. The fourth-order valence-electron chi connectivity index (χ4n) is 4.66. The van der Waals surface area contributed by atoms with Gasteiger partial charge in [-0.25, -0.2) is 0 Å². The first-order valence-corrected chi connectivity index (χ1v) is 12.4. The van der Waals surface area contributed by atoms with Crippen molar-refractivity contribution in [3.63, 3.8) is 0 Å². The zero-order valence-corrected chi connectivity index (χ0v) is 21.6. The Morgan fingerprint density at radius 2 is 1.68 bits per heavy atom. The van der Waals surface area contributed by atoms with E-state index >= 15 is 0 Å². The summed E-state index contributed by atoms with van der Waals surface area (Å²) in [5.74, 6) is -0.0570. The summed E-state index contributed by atoms with van der Waals surface area (Å²) in [4.78, 5) is 29.1. The van der Waals surface area contributed by atoms with Crippen LogP contribution in [0.15, 0.2) is 73.6 Å². The molecule has 0 atom stereocenters. The molecule has 38 heavy (non-hydrogen) atoms. The van der Waals surface area contributed by atoms with Crippen molar-refractivity contribution in [2.24, 2.45) is 5.41 Å². The number of pyridine rings is 3. The van der Waals surface area contributed by atoms with Crippen LogP contribution in [0, 0.1) is 12.3 Å². The molecule has 3 N–H and O–H groups in total. The minimum Gasteiger partial charge on any atom is -0.352 e. The third-order valence-corrected chi connectivity index (χ3v) is 6.74. The molecule has 6 rings (SSSR count). The van der Waals surface area contributed by atoms with E-state index in [0.717, 1.165) is 61.0 Å². The highest BCUT2D eigenvalue weighted by Gasteiger charge is 2.22. The fourth-order valence-corrected chi connectivity index (χ4v) is 4.66. The molecule has 0 unspecified atom stereocenters. The summed E-state index contributed by atoms with van der Waals surface area (Å²) in [5.41, 5.74) is 8.82. The van der Waals surface area contributed by atoms with Gasteiger partial charge in [0, 0.05) is 57.7 Å². The monoisotopic (exact) mass is 501 g/mol. The SMILES string of the molecule is Cc1c(-c2n[nH]c3ccc(-c4cncc(NC(=O)C(C)(C)C)c4)cc23)[nH]c2cncc(-c3cccnc3)c12. The molecular weight excluding hydrogens is 474 g/mol. The first-order valence-electron chi connectivity index (χ1n) is 12.4. The van der Waals surface area contributed by atoms with Gasteiger partial charge in [0.25, 0.3) is 0 Å². The second-order valence-corrected chi connectivity index (χ2v) is 10.5. The lowest BCUT2D eigenvalue weighted by atomic mass is 9.95. The topological polar surface area (TPSA) is 112 Å². The number of amides is 1. The number of fused-ring (bicyclic) bond motifs is 2. The smallest absolute Gasteiger partial charge is 0.229 e. The molecule has 0 fully saturated rings. The van der Waals surface area contributed by atoms with Crippen LogP contribution in [-0.2, 0) is 4.79 Å². The highest BCUT2D eigenvalue weighted by molar-refractivity contribution is 6.04. The van der Waals surface area contributed by atoms with Gasteiger partial charge in [0.2, 0.25) is 5.91 Å². The molecule has 8 heteroatoms. The number of rotatable bonds is 4. The number of carbonyl (C=O) groups is 1. The number of anilines is 1. The molecule has 8 nitrogen and oxygen atoms in total. The van der Waals surface area contributed by atoms with Crippen molar-refractivity contribution < 1.29 is 4.79 Å². The molecule has 0 spiro atoms. The number of aromatic nitrogens is 6. The molecule has 0 saturated heterocycles. The Morgan fingerprint density at radius 1 is 0.868 bits per heavy atom. The number of nitrogens with one attached hydrogen (secondary N) is 3. The van der Waals surface area contributed by atoms with Crippen LogP contribution in [-0.4, -0.2) is 36.0 Å². The van der Waals surface area contributed by atoms with Gasteiger partial charge < -0.3 is 10.3 Å². The van der Waals surface area contributed by atoms with Gasteiger partial charge in [0.15, 0.2) is 0 Å². The van der Waals surface area contributed by atoms with E-state index in [-0.39, 0.29) is 5.91 Å². The Labute approximate surface area is 219 Å². The van der Waals surface area contributed by atoms with Crippen molar-refractivity contribution >= 4 is 33.4 Å². The van der Waals surface area contributed by atoms with Crippen LogP contribution < -0.4 is 5.32 Å². The molecule has 0 bridgehead atoms. The maximum Gasteiger partial charge on any atom is 0.229 e. The predicted molar refractivity (Wildman–Crippen MR) is 150 cm³/mol. The van der Waals surface area contributed by atoms with Gasteiger partial charge in [0.05, 0.1) is 34.8 Å². The first kappa shape index (κ1) is 23.5. The third kappa shape index (κ3) is 4.10. The normalized spacial score (nSPS) is 11.8. The van der Waals surface area contributed by atoms with Crippen molar-refractivity contribution in [1.29, 1.82) is 0 Å². The molecule has 6 aromatic rings. The molecular formula is C30H27N7O. The average molecular weight is 502 g/mol. The lowest BCUT2D eigenvalue weighted by Crippen LogP contribution is -2.27. The Balaban J connectivity index is 1.43. The summed E-state index contributed by atoms with van der Waals surface area (Å²) in [7, 11) is 0. The summed E-state index contributed by atoms with van der Waals surface area (Å²) in [6.45, 7) is 7.75. The van der Waals surface area contributed by atoms with E-state index in [1.807, 2.05) is 69.7 Å². The van der Waals surface area contributed by atoms with Gasteiger partial charge in [-0.15, -0.1) is 0 Å². The van der Waals surface area contributed by atoms with Gasteiger partial charge in [0.1, 0.15) is 5.69 Å². The summed E-state index contributed by atoms with van der Waals surface area (Å²) in [6.07, 6.45) is 10.8. The van der Waals surface area contributed by atoms with E-state index in [0.29, 0.717) is 5.69 Å². The number of benzene rings is 1. The number of aromatic amines is 2. The lowest BCUT2D eigenvalue weighted by Gasteiger charge is -2.17. The molecule has 1 amide bonds. The van der Waals surface area contributed by atoms with E-state index < -0.39 is 5.41 Å². The second-order valence-electron chi connectivity index (χ2n) is 10.5. The van der Waals surface area contributed by atoms with Gasteiger partial charge in [-0.05, 0) is 42.3 Å². The van der Waals surface area contributed by atoms with Crippen molar-refractivity contribution in [3.8, 4) is 33.6 Å². The van der Waals surface area contributed by atoms with E-state index in [9.17, 15) is 4.79 Å². The van der Waals surface area contributed by atoms with Crippen LogP contribution in [0.5, 0.6) is 0 Å². The summed E-state index contributed by atoms with van der Waals surface area (Å²) < 4.78 is 0. The molecule has 188 valence electrons. The molecule has 1 aromatic carbocycles. The van der Waals surface area contributed by atoms with E-state index in [1.165, 1.54) is 0 Å². The fraction of sp³-hybridized carbons (Fsp3) is 0.167. The maximum atomic E-state index is 12.5. The minimum absolute atomic E-state index is 0.0570. The quantitative estimate of drug-likeness (QED) is 0.254. The lowest BCUT2D eigenvalue weighted by molar-refractivity contribution is -0.123. The summed E-state index contributed by atoms with van der Waals surface area (Å²) in [6, 6.07) is 12.1. The van der Waals surface area contributed by atoms with E-state index in [4.69, 9.17) is 0 Å². The zero-order valence-electron chi connectivity index (χ0n) is 21.6. The molecule has 0 radical (unpaired) electrons. The van der Waals surface area contributed by atoms with Crippen molar-refractivity contribution in [2.45, 2.75) is 27.7 Å². The molecule has 0 aliphatic heterocycles. The third-order valence-electron chi connectivity index (χ3n) is 6.74. The zero-order chi connectivity index (χ0) is 26.4.